The van der Waals surface area contributed by atoms with E-state index in [9.17, 15) is 4.79 Å². The highest BCUT2D eigenvalue weighted by atomic mass is 16.5. The molecule has 0 aliphatic carbocycles. The molecule has 0 unspecified atom stereocenters. The molecular formula is C30H38O7. The van der Waals surface area contributed by atoms with Gasteiger partial charge in [0.2, 0.25) is 0 Å². The van der Waals surface area contributed by atoms with Gasteiger partial charge in [-0.05, 0) is 40.5 Å². The lowest BCUT2D eigenvalue weighted by Gasteiger charge is -2.32. The van der Waals surface area contributed by atoms with Crippen molar-refractivity contribution in [3.63, 3.8) is 0 Å². The molecule has 2 aromatic rings. The Hall–Kier alpha value is -3.61. The summed E-state index contributed by atoms with van der Waals surface area (Å²) >= 11 is 0. The second kappa shape index (κ2) is 12.1. The Bertz CT molecular complexity index is 1190. The number of hydrogen-bond acceptors (Lipinski definition) is 7. The van der Waals surface area contributed by atoms with Crippen molar-refractivity contribution in [2.45, 2.75) is 53.1 Å². The molecule has 37 heavy (non-hydrogen) atoms. The Morgan fingerprint density at radius 3 is 1.81 bits per heavy atom. The summed E-state index contributed by atoms with van der Waals surface area (Å²) in [7, 11) is 7.92. The summed E-state index contributed by atoms with van der Waals surface area (Å²) in [6, 6.07) is 3.52. The number of Topliss-reactive ketones (excluding diaryl/α,β-unsaturated/α-hetero) is 1. The number of fused-ring (bicyclic) bond motifs is 1. The van der Waals surface area contributed by atoms with Gasteiger partial charge in [0, 0.05) is 23.3 Å². The van der Waals surface area contributed by atoms with E-state index in [0.717, 1.165) is 22.3 Å². The van der Waals surface area contributed by atoms with Crippen LogP contribution in [0, 0.1) is 0 Å². The zero-order valence-electron chi connectivity index (χ0n) is 23.4. The summed E-state index contributed by atoms with van der Waals surface area (Å²) in [5, 5.41) is 0. The minimum absolute atomic E-state index is 0.0809. The van der Waals surface area contributed by atoms with E-state index in [4.69, 9.17) is 28.4 Å². The molecule has 0 saturated carbocycles. The molecule has 0 spiro atoms. The minimum Gasteiger partial charge on any atom is -0.496 e. The molecule has 0 bridgehead atoms. The first-order valence-corrected chi connectivity index (χ1v) is 12.3. The van der Waals surface area contributed by atoms with Gasteiger partial charge < -0.3 is 28.4 Å². The van der Waals surface area contributed by atoms with Crippen LogP contribution in [-0.4, -0.2) is 41.3 Å². The number of rotatable bonds is 10. The summed E-state index contributed by atoms with van der Waals surface area (Å²) in [5.41, 5.74) is 5.03. The van der Waals surface area contributed by atoms with Gasteiger partial charge in [-0.3, -0.25) is 4.79 Å². The van der Waals surface area contributed by atoms with Gasteiger partial charge in [-0.25, -0.2) is 0 Å². The van der Waals surface area contributed by atoms with Gasteiger partial charge in [0.05, 0.1) is 47.5 Å². The van der Waals surface area contributed by atoms with E-state index >= 15 is 0 Å². The first-order valence-electron chi connectivity index (χ1n) is 12.3. The van der Waals surface area contributed by atoms with Crippen LogP contribution in [0.25, 0.3) is 0 Å². The van der Waals surface area contributed by atoms with Crippen LogP contribution in [0.2, 0.25) is 0 Å². The Balaban J connectivity index is 2.31. The van der Waals surface area contributed by atoms with Gasteiger partial charge in [-0.1, -0.05) is 23.3 Å². The SMILES string of the molecule is COc1cc(OC)c([C@@H]2CC(=O)c3c(OC)c(CC=C(C)C)c(OC)c(CC=C(C)C)c3O2)c(OC)c1. The number of carbonyl (C=O) groups is 1. The zero-order valence-corrected chi connectivity index (χ0v) is 23.4. The van der Waals surface area contributed by atoms with Crippen molar-refractivity contribution in [1.82, 2.24) is 0 Å². The van der Waals surface area contributed by atoms with Crippen molar-refractivity contribution in [1.29, 1.82) is 0 Å². The number of benzene rings is 2. The lowest BCUT2D eigenvalue weighted by molar-refractivity contribution is 0.0834. The first-order chi connectivity index (χ1) is 17.7. The van der Waals surface area contributed by atoms with E-state index in [2.05, 4.69) is 12.2 Å². The molecule has 0 amide bonds. The van der Waals surface area contributed by atoms with Crippen molar-refractivity contribution in [2.75, 3.05) is 35.5 Å². The summed E-state index contributed by atoms with van der Waals surface area (Å²) in [5.74, 6) is 3.15. The predicted octanol–water partition coefficient (Wildman–Crippen LogP) is 6.45. The number of methoxy groups -OCH3 is 5. The van der Waals surface area contributed by atoms with Crippen LogP contribution in [0.15, 0.2) is 35.4 Å². The summed E-state index contributed by atoms with van der Waals surface area (Å²) in [6.07, 6.45) is 4.76. The molecule has 0 saturated heterocycles. The summed E-state index contributed by atoms with van der Waals surface area (Å²) < 4.78 is 35.2. The monoisotopic (exact) mass is 510 g/mol. The van der Waals surface area contributed by atoms with Gasteiger partial charge in [0.15, 0.2) is 5.78 Å². The largest absolute Gasteiger partial charge is 0.496 e. The van der Waals surface area contributed by atoms with Gasteiger partial charge in [0.25, 0.3) is 0 Å². The molecule has 0 aromatic heterocycles. The average molecular weight is 511 g/mol. The van der Waals surface area contributed by atoms with Crippen LogP contribution in [0.4, 0.5) is 0 Å². The molecule has 200 valence electrons. The maximum atomic E-state index is 13.8. The second-order valence-electron chi connectivity index (χ2n) is 9.38. The quantitative estimate of drug-likeness (QED) is 0.340. The van der Waals surface area contributed by atoms with Gasteiger partial charge in [0.1, 0.15) is 46.2 Å². The van der Waals surface area contributed by atoms with E-state index < -0.39 is 6.10 Å². The molecule has 3 rings (SSSR count). The van der Waals surface area contributed by atoms with Gasteiger partial charge >= 0.3 is 0 Å². The Morgan fingerprint density at radius 2 is 1.35 bits per heavy atom. The number of ketones is 1. The number of hydrogen-bond donors (Lipinski definition) is 0. The number of allylic oxidation sites excluding steroid dienone is 4. The van der Waals surface area contributed by atoms with E-state index in [1.165, 1.54) is 0 Å². The minimum atomic E-state index is -0.640. The van der Waals surface area contributed by atoms with Crippen LogP contribution in [0.1, 0.15) is 67.3 Å². The molecule has 1 heterocycles. The van der Waals surface area contributed by atoms with Crippen molar-refractivity contribution < 1.29 is 33.2 Å². The molecule has 0 N–H and O–H groups in total. The highest BCUT2D eigenvalue weighted by Crippen LogP contribution is 2.51. The summed E-state index contributed by atoms with van der Waals surface area (Å²) in [6.45, 7) is 8.15. The fourth-order valence-corrected chi connectivity index (χ4v) is 4.60. The third-order valence-corrected chi connectivity index (χ3v) is 6.37. The van der Waals surface area contributed by atoms with Crippen molar-refractivity contribution in [2.24, 2.45) is 0 Å². The van der Waals surface area contributed by atoms with Crippen LogP contribution < -0.4 is 28.4 Å². The summed E-state index contributed by atoms with van der Waals surface area (Å²) in [4.78, 5) is 13.8. The van der Waals surface area contributed by atoms with Crippen molar-refractivity contribution in [3.05, 3.63) is 57.7 Å². The molecule has 2 aromatic carbocycles. The van der Waals surface area contributed by atoms with E-state index in [0.29, 0.717) is 58.5 Å². The fourth-order valence-electron chi connectivity index (χ4n) is 4.60. The van der Waals surface area contributed by atoms with E-state index in [-0.39, 0.29) is 12.2 Å². The smallest absolute Gasteiger partial charge is 0.174 e. The second-order valence-corrected chi connectivity index (χ2v) is 9.38. The Labute approximate surface area is 220 Å². The normalized spacial score (nSPS) is 14.2. The van der Waals surface area contributed by atoms with Crippen LogP contribution in [0.5, 0.6) is 34.5 Å². The lowest BCUT2D eigenvalue weighted by atomic mass is 9.88. The third kappa shape index (κ3) is 5.71. The molecule has 0 radical (unpaired) electrons. The van der Waals surface area contributed by atoms with Crippen molar-refractivity contribution in [3.8, 4) is 34.5 Å². The van der Waals surface area contributed by atoms with Gasteiger partial charge in [-0.15, -0.1) is 0 Å². The maximum absolute atomic E-state index is 13.8. The molecule has 1 aliphatic heterocycles. The maximum Gasteiger partial charge on any atom is 0.174 e. The molecular weight excluding hydrogens is 472 g/mol. The highest BCUT2D eigenvalue weighted by molar-refractivity contribution is 6.04. The Morgan fingerprint density at radius 1 is 0.811 bits per heavy atom. The molecule has 0 fully saturated rings. The van der Waals surface area contributed by atoms with Crippen molar-refractivity contribution >= 4 is 5.78 Å². The Kier molecular flexibility index (Phi) is 9.14. The standard InChI is InChI=1S/C30H38O7/c1-17(2)10-12-20-28(35-8)21(13-11-18(3)4)30-26(29(20)36-9)22(31)16-25(37-30)27-23(33-6)14-19(32-5)15-24(27)34-7/h10-11,14-15,25H,12-13,16H2,1-9H3/t25-/m0/s1. The van der Waals surface area contributed by atoms with E-state index in [1.54, 1.807) is 47.7 Å². The molecule has 7 heteroatoms. The number of carbonyl (C=O) groups excluding carboxylic acids is 1. The molecule has 1 aliphatic rings. The lowest BCUT2D eigenvalue weighted by Crippen LogP contribution is -2.24. The molecule has 7 nitrogen and oxygen atoms in total. The van der Waals surface area contributed by atoms with Crippen LogP contribution in [0.3, 0.4) is 0 Å². The fraction of sp³-hybridized carbons (Fsp3) is 0.433. The van der Waals surface area contributed by atoms with Crippen LogP contribution in [-0.2, 0) is 12.8 Å². The number of ether oxygens (including phenoxy) is 6. The predicted molar refractivity (Wildman–Crippen MR) is 144 cm³/mol. The van der Waals surface area contributed by atoms with Gasteiger partial charge in [-0.2, -0.15) is 0 Å². The molecule has 1 atom stereocenters. The third-order valence-electron chi connectivity index (χ3n) is 6.37. The van der Waals surface area contributed by atoms with Crippen LogP contribution >= 0.6 is 0 Å². The first kappa shape index (κ1) is 28.0. The van der Waals surface area contributed by atoms with E-state index in [1.807, 2.05) is 27.7 Å². The highest BCUT2D eigenvalue weighted by Gasteiger charge is 2.38. The average Bonchev–Trinajstić information content (AvgIpc) is 2.88. The zero-order chi connectivity index (χ0) is 27.3. The topological polar surface area (TPSA) is 72.5 Å².